The molecule has 2 aromatic rings. The molecule has 0 radical (unpaired) electrons. The number of nitrogens with zero attached hydrogens (tertiary/aromatic N) is 1. The molecule has 26 heavy (non-hydrogen) atoms. The van der Waals surface area contributed by atoms with Crippen LogP contribution in [0.4, 0.5) is 8.78 Å². The molecule has 2 aromatic carbocycles. The Bertz CT molecular complexity index is 792. The monoisotopic (exact) mass is 424 g/mol. The van der Waals surface area contributed by atoms with Crippen LogP contribution >= 0.6 is 15.9 Å². The fraction of sp³-hybridized carbons (Fsp3) is 0.222. The van der Waals surface area contributed by atoms with Crippen molar-refractivity contribution in [2.45, 2.75) is 19.6 Å². The van der Waals surface area contributed by atoms with Gasteiger partial charge in [0.05, 0.1) is 12.5 Å². The van der Waals surface area contributed by atoms with E-state index in [0.717, 1.165) is 5.56 Å². The average molecular weight is 425 g/mol. The Balaban J connectivity index is 1.87. The molecule has 2 rings (SSSR count). The molecule has 1 amide bonds. The number of amides is 1. The SMILES string of the molecule is N#CCc1ccc(OCC(=O)NCc2cc(Br)ccc2OC(F)F)cc1. The molecule has 0 atom stereocenters. The third-order valence-electron chi connectivity index (χ3n) is 3.29. The van der Waals surface area contributed by atoms with Crippen molar-refractivity contribution in [1.82, 2.24) is 5.32 Å². The van der Waals surface area contributed by atoms with Crippen LogP contribution in [0.1, 0.15) is 11.1 Å². The third kappa shape index (κ3) is 6.33. The zero-order valence-corrected chi connectivity index (χ0v) is 15.1. The van der Waals surface area contributed by atoms with Gasteiger partial charge in [-0.2, -0.15) is 14.0 Å². The van der Waals surface area contributed by atoms with Crippen molar-refractivity contribution >= 4 is 21.8 Å². The van der Waals surface area contributed by atoms with Crippen molar-refractivity contribution in [2.75, 3.05) is 6.61 Å². The van der Waals surface area contributed by atoms with E-state index in [9.17, 15) is 13.6 Å². The largest absolute Gasteiger partial charge is 0.484 e. The highest BCUT2D eigenvalue weighted by Gasteiger charge is 2.11. The lowest BCUT2D eigenvalue weighted by molar-refractivity contribution is -0.123. The minimum Gasteiger partial charge on any atom is -0.484 e. The standard InChI is InChI=1S/C18H15BrF2N2O3/c19-14-3-6-16(26-18(20)21)13(9-14)10-23-17(24)11-25-15-4-1-12(2-5-15)7-8-22/h1-6,9,18H,7,10-11H2,(H,23,24). The lowest BCUT2D eigenvalue weighted by Crippen LogP contribution is -2.28. The van der Waals surface area contributed by atoms with Gasteiger partial charge >= 0.3 is 6.61 Å². The number of hydrogen-bond donors (Lipinski definition) is 1. The second kappa shape index (κ2) is 9.73. The summed E-state index contributed by atoms with van der Waals surface area (Å²) in [6.45, 7) is -3.15. The summed E-state index contributed by atoms with van der Waals surface area (Å²) in [7, 11) is 0. The first-order chi connectivity index (χ1) is 12.5. The van der Waals surface area contributed by atoms with Crippen LogP contribution < -0.4 is 14.8 Å². The molecule has 0 fully saturated rings. The van der Waals surface area contributed by atoms with Crippen molar-refractivity contribution in [3.63, 3.8) is 0 Å². The number of halogens is 3. The number of alkyl halides is 2. The fourth-order valence-electron chi connectivity index (χ4n) is 2.09. The minimum absolute atomic E-state index is 0.00231. The van der Waals surface area contributed by atoms with Crippen molar-refractivity contribution in [3.05, 3.63) is 58.1 Å². The number of nitrogens with one attached hydrogen (secondary N) is 1. The zero-order chi connectivity index (χ0) is 18.9. The predicted octanol–water partition coefficient (Wildman–Crippen LogP) is 3.81. The van der Waals surface area contributed by atoms with E-state index in [-0.39, 0.29) is 18.9 Å². The van der Waals surface area contributed by atoms with E-state index in [1.807, 2.05) is 6.07 Å². The molecule has 0 saturated heterocycles. The van der Waals surface area contributed by atoms with Crippen molar-refractivity contribution < 1.29 is 23.0 Å². The Morgan fingerprint density at radius 3 is 2.62 bits per heavy atom. The molecule has 0 bridgehead atoms. The van der Waals surface area contributed by atoms with Gasteiger partial charge in [-0.05, 0) is 35.9 Å². The lowest BCUT2D eigenvalue weighted by Gasteiger charge is -2.12. The van der Waals surface area contributed by atoms with E-state index in [1.54, 1.807) is 36.4 Å². The van der Waals surface area contributed by atoms with Crippen LogP contribution in [0.25, 0.3) is 0 Å². The predicted molar refractivity (Wildman–Crippen MR) is 93.9 cm³/mol. The van der Waals surface area contributed by atoms with Gasteiger partial charge in [0.2, 0.25) is 0 Å². The topological polar surface area (TPSA) is 71.3 Å². The smallest absolute Gasteiger partial charge is 0.387 e. The maximum atomic E-state index is 12.4. The maximum absolute atomic E-state index is 12.4. The van der Waals surface area contributed by atoms with Crippen LogP contribution in [0, 0.1) is 11.3 Å². The Morgan fingerprint density at radius 1 is 1.23 bits per heavy atom. The summed E-state index contributed by atoms with van der Waals surface area (Å²) in [4.78, 5) is 11.9. The van der Waals surface area contributed by atoms with E-state index in [1.165, 1.54) is 6.07 Å². The molecule has 8 heteroatoms. The molecular formula is C18H15BrF2N2O3. The van der Waals surface area contributed by atoms with Crippen LogP contribution in [0.15, 0.2) is 46.9 Å². The quantitative estimate of drug-likeness (QED) is 0.699. The molecule has 0 aliphatic carbocycles. The molecule has 0 unspecified atom stereocenters. The molecule has 0 aliphatic rings. The number of carbonyl (C=O) groups is 1. The van der Waals surface area contributed by atoms with E-state index in [4.69, 9.17) is 10.00 Å². The number of nitriles is 1. The summed E-state index contributed by atoms with van der Waals surface area (Å²) >= 11 is 3.25. The second-order valence-corrected chi connectivity index (χ2v) is 6.09. The summed E-state index contributed by atoms with van der Waals surface area (Å²) in [6, 6.07) is 13.4. The lowest BCUT2D eigenvalue weighted by atomic mass is 10.2. The number of ether oxygens (including phenoxy) is 2. The van der Waals surface area contributed by atoms with E-state index < -0.39 is 12.5 Å². The highest BCUT2D eigenvalue weighted by molar-refractivity contribution is 9.10. The van der Waals surface area contributed by atoms with E-state index in [2.05, 4.69) is 26.0 Å². The summed E-state index contributed by atoms with van der Waals surface area (Å²) in [5.74, 6) is 0.0811. The van der Waals surface area contributed by atoms with Crippen molar-refractivity contribution in [3.8, 4) is 17.6 Å². The van der Waals surface area contributed by atoms with Crippen LogP contribution in [-0.2, 0) is 17.8 Å². The van der Waals surface area contributed by atoms with Gasteiger partial charge in [-0.15, -0.1) is 0 Å². The Hall–Kier alpha value is -2.66. The van der Waals surface area contributed by atoms with Gasteiger partial charge in [0.15, 0.2) is 6.61 Å². The van der Waals surface area contributed by atoms with Gasteiger partial charge in [0, 0.05) is 16.6 Å². The molecule has 0 saturated carbocycles. The first kappa shape index (κ1) is 19.7. The molecular weight excluding hydrogens is 410 g/mol. The molecule has 136 valence electrons. The minimum atomic E-state index is -2.95. The van der Waals surface area contributed by atoms with Gasteiger partial charge in [-0.1, -0.05) is 28.1 Å². The van der Waals surface area contributed by atoms with Crippen LogP contribution in [-0.4, -0.2) is 19.1 Å². The first-order valence-electron chi connectivity index (χ1n) is 7.56. The summed E-state index contributed by atoms with van der Waals surface area (Å²) < 4.78 is 35.3. The van der Waals surface area contributed by atoms with Gasteiger partial charge < -0.3 is 14.8 Å². The fourth-order valence-corrected chi connectivity index (χ4v) is 2.49. The molecule has 0 aromatic heterocycles. The van der Waals surface area contributed by atoms with Crippen LogP contribution in [0.2, 0.25) is 0 Å². The Kier molecular flexibility index (Phi) is 7.36. The van der Waals surface area contributed by atoms with Crippen LogP contribution in [0.5, 0.6) is 11.5 Å². The van der Waals surface area contributed by atoms with Gasteiger partial charge in [0.25, 0.3) is 5.91 Å². The van der Waals surface area contributed by atoms with E-state index in [0.29, 0.717) is 22.2 Å². The summed E-state index contributed by atoms with van der Waals surface area (Å²) in [5.41, 5.74) is 1.26. The van der Waals surface area contributed by atoms with Gasteiger partial charge in [-0.25, -0.2) is 0 Å². The second-order valence-electron chi connectivity index (χ2n) is 5.17. The number of carbonyl (C=O) groups excluding carboxylic acids is 1. The van der Waals surface area contributed by atoms with Crippen molar-refractivity contribution in [2.24, 2.45) is 0 Å². The highest BCUT2D eigenvalue weighted by atomic mass is 79.9. The number of hydrogen-bond acceptors (Lipinski definition) is 4. The molecule has 0 spiro atoms. The summed E-state index contributed by atoms with van der Waals surface area (Å²) in [6.07, 6.45) is 0.302. The molecule has 1 N–H and O–H groups in total. The summed E-state index contributed by atoms with van der Waals surface area (Å²) in [5, 5.41) is 11.2. The zero-order valence-electron chi connectivity index (χ0n) is 13.5. The molecule has 0 heterocycles. The maximum Gasteiger partial charge on any atom is 0.387 e. The van der Waals surface area contributed by atoms with Gasteiger partial charge in [0.1, 0.15) is 11.5 Å². The molecule has 5 nitrogen and oxygen atoms in total. The van der Waals surface area contributed by atoms with Crippen molar-refractivity contribution in [1.29, 1.82) is 5.26 Å². The first-order valence-corrected chi connectivity index (χ1v) is 8.36. The normalized spacial score (nSPS) is 10.3. The number of benzene rings is 2. The van der Waals surface area contributed by atoms with Gasteiger partial charge in [-0.3, -0.25) is 4.79 Å². The Labute approximate surface area is 157 Å². The average Bonchev–Trinajstić information content (AvgIpc) is 2.61. The Morgan fingerprint density at radius 2 is 1.96 bits per heavy atom. The number of rotatable bonds is 8. The highest BCUT2D eigenvalue weighted by Crippen LogP contribution is 2.24. The van der Waals surface area contributed by atoms with Crippen LogP contribution in [0.3, 0.4) is 0 Å². The third-order valence-corrected chi connectivity index (χ3v) is 3.78. The molecule has 0 aliphatic heterocycles. The van der Waals surface area contributed by atoms with E-state index >= 15 is 0 Å².